The molecule has 0 radical (unpaired) electrons. The number of sulfonamides is 1. The van der Waals surface area contributed by atoms with Crippen molar-refractivity contribution in [3.8, 4) is 0 Å². The Morgan fingerprint density at radius 3 is 2.60 bits per heavy atom. The van der Waals surface area contributed by atoms with E-state index in [0.29, 0.717) is 31.5 Å². The summed E-state index contributed by atoms with van der Waals surface area (Å²) in [5.41, 5.74) is 6.34. The summed E-state index contributed by atoms with van der Waals surface area (Å²) in [6, 6.07) is 6.09. The van der Waals surface area contributed by atoms with Gasteiger partial charge in [-0.05, 0) is 30.5 Å². The van der Waals surface area contributed by atoms with Gasteiger partial charge in [-0.15, -0.1) is 0 Å². The second-order valence-electron chi connectivity index (χ2n) is 5.00. The maximum absolute atomic E-state index is 12.3. The molecule has 0 saturated carbocycles. The van der Waals surface area contributed by atoms with Crippen LogP contribution in [0.1, 0.15) is 28.8 Å². The predicted molar refractivity (Wildman–Crippen MR) is 74.8 cm³/mol. The van der Waals surface area contributed by atoms with E-state index in [0.717, 1.165) is 0 Å². The van der Waals surface area contributed by atoms with E-state index >= 15 is 0 Å². The molecule has 20 heavy (non-hydrogen) atoms. The normalized spacial score (nSPS) is 18.1. The average Bonchev–Trinajstić information content (AvgIpc) is 2.39. The average molecular weight is 298 g/mol. The van der Waals surface area contributed by atoms with Crippen molar-refractivity contribution in [2.75, 3.05) is 13.1 Å². The number of carbonyl (C=O) groups is 1. The van der Waals surface area contributed by atoms with Gasteiger partial charge in [0.25, 0.3) is 0 Å². The van der Waals surface area contributed by atoms with Crippen molar-refractivity contribution in [1.82, 2.24) is 4.31 Å². The molecule has 0 spiro atoms. The van der Waals surface area contributed by atoms with Crippen LogP contribution in [0.2, 0.25) is 0 Å². The first-order chi connectivity index (χ1) is 9.38. The van der Waals surface area contributed by atoms with Crippen LogP contribution in [0.5, 0.6) is 0 Å². The molecule has 3 N–H and O–H groups in total. The molecule has 0 unspecified atom stereocenters. The van der Waals surface area contributed by atoms with Gasteiger partial charge in [0, 0.05) is 19.1 Å². The van der Waals surface area contributed by atoms with E-state index < -0.39 is 16.0 Å². The number of nitrogens with two attached hydrogens (primary N) is 1. The molecule has 1 aliphatic rings. The first-order valence-electron chi connectivity index (χ1n) is 6.44. The third kappa shape index (κ3) is 3.56. The quantitative estimate of drug-likeness (QED) is 0.849. The molecule has 6 nitrogen and oxygen atoms in total. The Hall–Kier alpha value is -1.44. The zero-order valence-electron chi connectivity index (χ0n) is 11.0. The van der Waals surface area contributed by atoms with Crippen molar-refractivity contribution in [3.05, 3.63) is 35.4 Å². The lowest BCUT2D eigenvalue weighted by molar-refractivity contribution is 0.0696. The Labute approximate surface area is 118 Å². The number of piperidine rings is 1. The summed E-state index contributed by atoms with van der Waals surface area (Å²) in [7, 11) is -3.42. The maximum atomic E-state index is 12.3. The van der Waals surface area contributed by atoms with E-state index in [1.54, 1.807) is 12.1 Å². The zero-order valence-corrected chi connectivity index (χ0v) is 11.8. The number of hydrogen-bond acceptors (Lipinski definition) is 4. The van der Waals surface area contributed by atoms with Crippen LogP contribution in [0.4, 0.5) is 0 Å². The van der Waals surface area contributed by atoms with Crippen LogP contribution in [-0.4, -0.2) is 42.9 Å². The summed E-state index contributed by atoms with van der Waals surface area (Å²) in [4.78, 5) is 10.9. The third-order valence-electron chi connectivity index (χ3n) is 3.41. The van der Waals surface area contributed by atoms with Gasteiger partial charge in [0.2, 0.25) is 10.0 Å². The number of carboxylic acids is 1. The van der Waals surface area contributed by atoms with E-state index in [2.05, 4.69) is 0 Å². The highest BCUT2D eigenvalue weighted by Crippen LogP contribution is 2.17. The van der Waals surface area contributed by atoms with Gasteiger partial charge in [0.15, 0.2) is 0 Å². The topological polar surface area (TPSA) is 101 Å². The lowest BCUT2D eigenvalue weighted by Crippen LogP contribution is -2.43. The van der Waals surface area contributed by atoms with Gasteiger partial charge in [-0.25, -0.2) is 17.5 Å². The monoisotopic (exact) mass is 298 g/mol. The van der Waals surface area contributed by atoms with Crippen LogP contribution < -0.4 is 5.73 Å². The molecule has 1 saturated heterocycles. The number of carboxylic acid groups (broad SMARTS) is 1. The van der Waals surface area contributed by atoms with Gasteiger partial charge in [-0.1, -0.05) is 12.1 Å². The highest BCUT2D eigenvalue weighted by Gasteiger charge is 2.26. The second kappa shape index (κ2) is 5.90. The molecular weight excluding hydrogens is 280 g/mol. The molecule has 1 aromatic carbocycles. The van der Waals surface area contributed by atoms with Crippen LogP contribution in [0, 0.1) is 0 Å². The van der Waals surface area contributed by atoms with Crippen molar-refractivity contribution in [3.63, 3.8) is 0 Å². The fraction of sp³-hybridized carbons (Fsp3) is 0.462. The van der Waals surface area contributed by atoms with Crippen molar-refractivity contribution >= 4 is 16.0 Å². The van der Waals surface area contributed by atoms with Gasteiger partial charge >= 0.3 is 5.97 Å². The van der Waals surface area contributed by atoms with Gasteiger partial charge in [-0.3, -0.25) is 0 Å². The van der Waals surface area contributed by atoms with Gasteiger partial charge in [-0.2, -0.15) is 0 Å². The lowest BCUT2D eigenvalue weighted by Gasteiger charge is -2.29. The number of nitrogens with zero attached hydrogens (tertiary/aromatic N) is 1. The first-order valence-corrected chi connectivity index (χ1v) is 8.05. The van der Waals surface area contributed by atoms with Crippen LogP contribution >= 0.6 is 0 Å². The highest BCUT2D eigenvalue weighted by atomic mass is 32.2. The fourth-order valence-corrected chi connectivity index (χ4v) is 3.80. The summed E-state index contributed by atoms with van der Waals surface area (Å²) in [5.74, 6) is -1.24. The SMILES string of the molecule is NC1CCN(S(=O)(=O)Cc2cccc(C(=O)O)c2)CC1. The molecule has 1 aromatic rings. The largest absolute Gasteiger partial charge is 0.478 e. The number of benzene rings is 1. The standard InChI is InChI=1S/C13H18N2O4S/c14-12-4-6-15(7-5-12)20(18,19)9-10-2-1-3-11(8-10)13(16)17/h1-3,8,12H,4-7,9,14H2,(H,16,17). The van der Waals surface area contributed by atoms with Gasteiger partial charge in [0.1, 0.15) is 0 Å². The molecule has 2 rings (SSSR count). The van der Waals surface area contributed by atoms with E-state index in [4.69, 9.17) is 10.8 Å². The molecule has 110 valence electrons. The number of hydrogen-bond donors (Lipinski definition) is 2. The minimum Gasteiger partial charge on any atom is -0.478 e. The summed E-state index contributed by atoms with van der Waals surface area (Å²) in [6.45, 7) is 0.865. The number of rotatable bonds is 4. The van der Waals surface area contributed by atoms with Crippen molar-refractivity contribution in [2.45, 2.75) is 24.6 Å². The molecule has 0 aromatic heterocycles. The van der Waals surface area contributed by atoms with Crippen molar-refractivity contribution in [1.29, 1.82) is 0 Å². The smallest absolute Gasteiger partial charge is 0.335 e. The Balaban J connectivity index is 2.12. The van der Waals surface area contributed by atoms with Gasteiger partial charge < -0.3 is 10.8 Å². The lowest BCUT2D eigenvalue weighted by atomic mass is 10.1. The van der Waals surface area contributed by atoms with Crippen LogP contribution in [0.25, 0.3) is 0 Å². The molecule has 0 atom stereocenters. The van der Waals surface area contributed by atoms with Crippen molar-refractivity contribution < 1.29 is 18.3 Å². The fourth-order valence-electron chi connectivity index (χ4n) is 2.25. The van der Waals surface area contributed by atoms with Crippen LogP contribution in [0.3, 0.4) is 0 Å². The molecule has 0 amide bonds. The molecular formula is C13H18N2O4S. The minimum absolute atomic E-state index is 0.0665. The zero-order chi connectivity index (χ0) is 14.8. The summed E-state index contributed by atoms with van der Waals surface area (Å²) >= 11 is 0. The first kappa shape index (κ1) is 15.0. The Morgan fingerprint density at radius 2 is 2.00 bits per heavy atom. The summed E-state index contributed by atoms with van der Waals surface area (Å²) in [5, 5.41) is 8.91. The predicted octanol–water partition coefficient (Wildman–Crippen LogP) is 0.638. The molecule has 0 bridgehead atoms. The van der Waals surface area contributed by atoms with E-state index in [1.807, 2.05) is 0 Å². The second-order valence-corrected chi connectivity index (χ2v) is 6.97. The molecule has 7 heteroatoms. The maximum Gasteiger partial charge on any atom is 0.335 e. The van der Waals surface area contributed by atoms with Crippen LogP contribution in [0.15, 0.2) is 24.3 Å². The minimum atomic E-state index is -3.42. The summed E-state index contributed by atoms with van der Waals surface area (Å²) < 4.78 is 26.0. The van der Waals surface area contributed by atoms with Gasteiger partial charge in [0.05, 0.1) is 11.3 Å². The van der Waals surface area contributed by atoms with Crippen molar-refractivity contribution in [2.24, 2.45) is 5.73 Å². The molecule has 0 aliphatic carbocycles. The Kier molecular flexibility index (Phi) is 4.42. The molecule has 1 heterocycles. The Bertz CT molecular complexity index is 592. The molecule has 1 aliphatic heterocycles. The number of aromatic carboxylic acids is 1. The van der Waals surface area contributed by atoms with Crippen LogP contribution in [-0.2, 0) is 15.8 Å². The Morgan fingerprint density at radius 1 is 1.35 bits per heavy atom. The van der Waals surface area contributed by atoms with E-state index in [1.165, 1.54) is 16.4 Å². The molecule has 1 fully saturated rings. The summed E-state index contributed by atoms with van der Waals surface area (Å²) in [6.07, 6.45) is 1.32. The third-order valence-corrected chi connectivity index (χ3v) is 5.27. The highest BCUT2D eigenvalue weighted by molar-refractivity contribution is 7.88. The van der Waals surface area contributed by atoms with E-state index in [-0.39, 0.29) is 17.4 Å². The van der Waals surface area contributed by atoms with E-state index in [9.17, 15) is 13.2 Å².